The topological polar surface area (TPSA) is 17.1 Å². The third-order valence-electron chi connectivity index (χ3n) is 2.87. The van der Waals surface area contributed by atoms with Gasteiger partial charge in [0.1, 0.15) is 0 Å². The molecule has 98 valence electrons. The Labute approximate surface area is 108 Å². The van der Waals surface area contributed by atoms with Crippen molar-refractivity contribution in [3.63, 3.8) is 0 Å². The molecule has 0 spiro atoms. The summed E-state index contributed by atoms with van der Waals surface area (Å²) in [6, 6.07) is 11.4. The minimum absolute atomic E-state index is 0.291. The van der Waals surface area contributed by atoms with Crippen molar-refractivity contribution in [3.8, 4) is 0 Å². The predicted molar refractivity (Wildman–Crippen MR) is 66.1 cm³/mol. The first-order valence-electron chi connectivity index (χ1n) is 5.68. The van der Waals surface area contributed by atoms with Crippen LogP contribution in [0.25, 0.3) is 0 Å². The Morgan fingerprint density at radius 3 is 2.00 bits per heavy atom. The van der Waals surface area contributed by atoms with Gasteiger partial charge in [0.2, 0.25) is 0 Å². The van der Waals surface area contributed by atoms with Gasteiger partial charge in [0.15, 0.2) is 5.78 Å². The molecule has 0 N–H and O–H groups in total. The Kier molecular flexibility index (Phi) is 3.42. The summed E-state index contributed by atoms with van der Waals surface area (Å²) in [5.41, 5.74) is -0.267. The van der Waals surface area contributed by atoms with E-state index in [1.165, 1.54) is 24.3 Å². The fourth-order valence-corrected chi connectivity index (χ4v) is 1.90. The van der Waals surface area contributed by atoms with E-state index < -0.39 is 17.5 Å². The average molecular weight is 264 g/mol. The van der Waals surface area contributed by atoms with Gasteiger partial charge in [-0.15, -0.1) is 0 Å². The highest BCUT2D eigenvalue weighted by Crippen LogP contribution is 2.33. The molecule has 4 heteroatoms. The summed E-state index contributed by atoms with van der Waals surface area (Å²) < 4.78 is 38.6. The molecule has 0 aliphatic carbocycles. The molecule has 0 aromatic heterocycles. The van der Waals surface area contributed by atoms with Crippen molar-refractivity contribution in [3.05, 3.63) is 70.8 Å². The van der Waals surface area contributed by atoms with Crippen molar-refractivity contribution in [2.24, 2.45) is 0 Å². The van der Waals surface area contributed by atoms with Gasteiger partial charge in [0.25, 0.3) is 0 Å². The van der Waals surface area contributed by atoms with E-state index in [0.717, 1.165) is 6.07 Å². The van der Waals surface area contributed by atoms with Crippen molar-refractivity contribution in [1.82, 2.24) is 0 Å². The van der Waals surface area contributed by atoms with Crippen molar-refractivity contribution in [1.29, 1.82) is 0 Å². The lowest BCUT2D eigenvalue weighted by atomic mass is 9.95. The van der Waals surface area contributed by atoms with Crippen LogP contribution in [0.15, 0.2) is 48.5 Å². The molecule has 0 unspecified atom stereocenters. The molecule has 1 nitrogen and oxygen atoms in total. The van der Waals surface area contributed by atoms with Gasteiger partial charge >= 0.3 is 6.18 Å². The Morgan fingerprint density at radius 2 is 1.42 bits per heavy atom. The van der Waals surface area contributed by atoms with E-state index in [4.69, 9.17) is 0 Å². The first-order chi connectivity index (χ1) is 8.91. The minimum Gasteiger partial charge on any atom is -0.289 e. The summed E-state index contributed by atoms with van der Waals surface area (Å²) in [7, 11) is 0. The van der Waals surface area contributed by atoms with Crippen LogP contribution in [0.1, 0.15) is 27.0 Å². The molecule has 0 fully saturated rings. The number of carbonyl (C=O) groups excluding carboxylic acids is 1. The zero-order valence-corrected chi connectivity index (χ0v) is 10.2. The van der Waals surface area contributed by atoms with E-state index in [1.54, 1.807) is 25.1 Å². The van der Waals surface area contributed by atoms with Gasteiger partial charge in [-0.3, -0.25) is 4.79 Å². The van der Waals surface area contributed by atoms with Gasteiger partial charge in [-0.2, -0.15) is 13.2 Å². The van der Waals surface area contributed by atoms with E-state index >= 15 is 0 Å². The predicted octanol–water partition coefficient (Wildman–Crippen LogP) is 4.24. The SMILES string of the molecule is Cc1ccccc1C(=O)c1ccccc1C(F)(F)F. The number of hydrogen-bond acceptors (Lipinski definition) is 1. The molecule has 0 saturated heterocycles. The van der Waals surface area contributed by atoms with E-state index in [1.807, 2.05) is 0 Å². The number of rotatable bonds is 2. The van der Waals surface area contributed by atoms with Crippen LogP contribution in [0.3, 0.4) is 0 Å². The van der Waals surface area contributed by atoms with E-state index in [0.29, 0.717) is 11.1 Å². The first-order valence-corrected chi connectivity index (χ1v) is 5.68. The second-order valence-electron chi connectivity index (χ2n) is 4.19. The first kappa shape index (κ1) is 13.3. The lowest BCUT2D eigenvalue weighted by Gasteiger charge is -2.12. The normalized spacial score (nSPS) is 11.4. The quantitative estimate of drug-likeness (QED) is 0.741. The maximum absolute atomic E-state index is 12.9. The minimum atomic E-state index is -4.53. The van der Waals surface area contributed by atoms with Crippen molar-refractivity contribution >= 4 is 5.78 Å². The highest BCUT2D eigenvalue weighted by Gasteiger charge is 2.35. The summed E-state index contributed by atoms with van der Waals surface area (Å²) in [6.45, 7) is 1.70. The molecule has 19 heavy (non-hydrogen) atoms. The molecule has 0 bridgehead atoms. The van der Waals surface area contributed by atoms with Crippen LogP contribution in [-0.2, 0) is 6.18 Å². The van der Waals surface area contributed by atoms with Crippen LogP contribution in [0.4, 0.5) is 13.2 Å². The van der Waals surface area contributed by atoms with Crippen LogP contribution in [0.2, 0.25) is 0 Å². The molecule has 0 amide bonds. The zero-order valence-electron chi connectivity index (χ0n) is 10.2. The van der Waals surface area contributed by atoms with Crippen molar-refractivity contribution in [2.75, 3.05) is 0 Å². The second-order valence-corrected chi connectivity index (χ2v) is 4.19. The number of hydrogen-bond donors (Lipinski definition) is 0. The molecule has 0 heterocycles. The van der Waals surface area contributed by atoms with Gasteiger partial charge < -0.3 is 0 Å². The third-order valence-corrected chi connectivity index (χ3v) is 2.87. The molecule has 0 saturated carbocycles. The number of alkyl halides is 3. The van der Waals surface area contributed by atoms with Crippen molar-refractivity contribution < 1.29 is 18.0 Å². The zero-order chi connectivity index (χ0) is 14.0. The average Bonchev–Trinajstić information content (AvgIpc) is 2.37. The molecule has 2 aromatic carbocycles. The molecule has 0 atom stereocenters. The number of halogens is 3. The fourth-order valence-electron chi connectivity index (χ4n) is 1.90. The Bertz CT molecular complexity index is 615. The van der Waals surface area contributed by atoms with Crippen LogP contribution >= 0.6 is 0 Å². The van der Waals surface area contributed by atoms with Gasteiger partial charge in [-0.25, -0.2) is 0 Å². The molecule has 0 aliphatic rings. The largest absolute Gasteiger partial charge is 0.417 e. The van der Waals surface area contributed by atoms with Crippen LogP contribution < -0.4 is 0 Å². The molecular formula is C15H11F3O. The summed E-state index contributed by atoms with van der Waals surface area (Å²) in [5.74, 6) is -0.606. The fraction of sp³-hybridized carbons (Fsp3) is 0.133. The highest BCUT2D eigenvalue weighted by atomic mass is 19.4. The monoisotopic (exact) mass is 264 g/mol. The lowest BCUT2D eigenvalue weighted by molar-refractivity contribution is -0.137. The van der Waals surface area contributed by atoms with Gasteiger partial charge in [-0.05, 0) is 18.6 Å². The summed E-state index contributed by atoms with van der Waals surface area (Å²) in [5, 5.41) is 0. The van der Waals surface area contributed by atoms with E-state index in [2.05, 4.69) is 0 Å². The number of carbonyl (C=O) groups is 1. The summed E-state index contributed by atoms with van der Waals surface area (Å²) in [6.07, 6.45) is -4.53. The van der Waals surface area contributed by atoms with Gasteiger partial charge in [-0.1, -0.05) is 42.5 Å². The lowest BCUT2D eigenvalue weighted by Crippen LogP contribution is -2.14. The highest BCUT2D eigenvalue weighted by molar-refractivity contribution is 6.10. The number of aryl methyl sites for hydroxylation is 1. The standard InChI is InChI=1S/C15H11F3O/c1-10-6-2-3-7-11(10)14(19)12-8-4-5-9-13(12)15(16,17)18/h2-9H,1H3. The Hall–Kier alpha value is -2.10. The van der Waals surface area contributed by atoms with Crippen LogP contribution in [-0.4, -0.2) is 5.78 Å². The Morgan fingerprint density at radius 1 is 0.895 bits per heavy atom. The maximum atomic E-state index is 12.9. The van der Waals surface area contributed by atoms with Gasteiger partial charge in [0, 0.05) is 11.1 Å². The van der Waals surface area contributed by atoms with Crippen molar-refractivity contribution in [2.45, 2.75) is 13.1 Å². The Balaban J connectivity index is 2.55. The maximum Gasteiger partial charge on any atom is 0.417 e. The van der Waals surface area contributed by atoms with E-state index in [-0.39, 0.29) is 5.56 Å². The molecule has 0 radical (unpaired) electrons. The van der Waals surface area contributed by atoms with E-state index in [9.17, 15) is 18.0 Å². The smallest absolute Gasteiger partial charge is 0.289 e. The molecular weight excluding hydrogens is 253 g/mol. The third kappa shape index (κ3) is 2.67. The molecule has 2 aromatic rings. The number of benzene rings is 2. The summed E-state index contributed by atoms with van der Waals surface area (Å²) >= 11 is 0. The number of ketones is 1. The van der Waals surface area contributed by atoms with Crippen LogP contribution in [0.5, 0.6) is 0 Å². The molecule has 0 aliphatic heterocycles. The van der Waals surface area contributed by atoms with Crippen LogP contribution in [0, 0.1) is 6.92 Å². The molecule has 2 rings (SSSR count). The second kappa shape index (κ2) is 4.88. The summed E-state index contributed by atoms with van der Waals surface area (Å²) in [4.78, 5) is 12.2. The van der Waals surface area contributed by atoms with Gasteiger partial charge in [0.05, 0.1) is 5.56 Å².